The maximum atomic E-state index is 13.5. The molecule has 1 fully saturated rings. The summed E-state index contributed by atoms with van der Waals surface area (Å²) in [4.78, 5) is 3.88. The fourth-order valence-electron chi connectivity index (χ4n) is 2.72. The van der Waals surface area contributed by atoms with Crippen molar-refractivity contribution in [2.75, 3.05) is 13.1 Å². The molecule has 2 aromatic rings. The molecule has 3 rings (SSSR count). The lowest BCUT2D eigenvalue weighted by atomic mass is 9.96. The highest BCUT2D eigenvalue weighted by Crippen LogP contribution is 2.39. The number of nitrogens with zero attached hydrogens (tertiary/aromatic N) is 1. The van der Waals surface area contributed by atoms with E-state index in [0.29, 0.717) is 5.56 Å². The van der Waals surface area contributed by atoms with Gasteiger partial charge in [-0.15, -0.1) is 0 Å². The van der Waals surface area contributed by atoms with Crippen molar-refractivity contribution in [3.05, 3.63) is 57.8 Å². The van der Waals surface area contributed by atoms with Crippen LogP contribution in [0.25, 0.3) is 0 Å². The number of rotatable bonds is 4. The number of aromatic nitrogens is 1. The van der Waals surface area contributed by atoms with Gasteiger partial charge in [0.05, 0.1) is 16.2 Å². The Morgan fingerprint density at radius 2 is 1.87 bits per heavy atom. The fourth-order valence-corrected chi connectivity index (χ4v) is 3.27. The van der Waals surface area contributed by atoms with Crippen LogP contribution in [-0.2, 0) is 0 Å². The molecule has 1 saturated heterocycles. The van der Waals surface area contributed by atoms with Gasteiger partial charge in [0.25, 0.3) is 0 Å². The topological polar surface area (TPSA) is 34.1 Å². The smallest absolute Gasteiger partial charge is 0.157 e. The van der Waals surface area contributed by atoms with Gasteiger partial charge in [0.2, 0.25) is 0 Å². The molecule has 23 heavy (non-hydrogen) atoms. The summed E-state index contributed by atoms with van der Waals surface area (Å²) in [6, 6.07) is 3.65. The highest BCUT2D eigenvalue weighted by atomic mass is 35.5. The third-order valence-electron chi connectivity index (χ3n) is 3.79. The summed E-state index contributed by atoms with van der Waals surface area (Å²) in [5.41, 5.74) is 0.593. The highest BCUT2D eigenvalue weighted by molar-refractivity contribution is 6.37. The van der Waals surface area contributed by atoms with Gasteiger partial charge in [-0.25, -0.2) is 8.78 Å². The van der Waals surface area contributed by atoms with Crippen LogP contribution in [0.4, 0.5) is 8.78 Å². The Morgan fingerprint density at radius 1 is 1.13 bits per heavy atom. The Bertz CT molecular complexity index is 685. The average Bonchev–Trinajstić information content (AvgIpc) is 3.00. The molecule has 0 radical (unpaired) electrons. The predicted molar refractivity (Wildman–Crippen MR) is 85.0 cm³/mol. The van der Waals surface area contributed by atoms with E-state index in [9.17, 15) is 8.78 Å². The van der Waals surface area contributed by atoms with Crippen molar-refractivity contribution in [2.45, 2.75) is 12.5 Å². The third kappa shape index (κ3) is 3.74. The lowest BCUT2D eigenvalue weighted by Crippen LogP contribution is -2.22. The van der Waals surface area contributed by atoms with Crippen molar-refractivity contribution in [1.82, 2.24) is 10.3 Å². The molecule has 0 unspecified atom stereocenters. The van der Waals surface area contributed by atoms with Gasteiger partial charge in [0.1, 0.15) is 17.7 Å². The van der Waals surface area contributed by atoms with E-state index in [-0.39, 0.29) is 21.7 Å². The van der Waals surface area contributed by atoms with Gasteiger partial charge in [-0.05, 0) is 31.2 Å². The first-order valence-corrected chi connectivity index (χ1v) is 7.92. The summed E-state index contributed by atoms with van der Waals surface area (Å²) < 4.78 is 32.8. The van der Waals surface area contributed by atoms with Crippen LogP contribution < -0.4 is 10.1 Å². The maximum absolute atomic E-state index is 13.5. The molecule has 1 aliphatic heterocycles. The van der Waals surface area contributed by atoms with Gasteiger partial charge in [-0.3, -0.25) is 4.98 Å². The van der Waals surface area contributed by atoms with E-state index in [4.69, 9.17) is 27.9 Å². The molecule has 1 N–H and O–H groups in total. The summed E-state index contributed by atoms with van der Waals surface area (Å²) >= 11 is 12.1. The molecule has 0 saturated carbocycles. The second-order valence-electron chi connectivity index (χ2n) is 5.43. The van der Waals surface area contributed by atoms with Crippen LogP contribution in [0.15, 0.2) is 30.6 Å². The van der Waals surface area contributed by atoms with E-state index in [2.05, 4.69) is 10.3 Å². The van der Waals surface area contributed by atoms with E-state index in [0.717, 1.165) is 37.8 Å². The minimum absolute atomic E-state index is 0.0790. The normalized spacial score (nSPS) is 18.9. The van der Waals surface area contributed by atoms with Crippen LogP contribution in [-0.4, -0.2) is 18.1 Å². The Hall–Kier alpha value is -1.43. The quantitative estimate of drug-likeness (QED) is 0.879. The standard InChI is InChI=1S/C16H14Cl2F2N2O/c17-13-4-11(19)5-14(18)16(13)23-15(9-1-2-21-6-9)10-3-12(20)8-22-7-10/h3-5,7-9,15,21H,1-2,6H2/t9-,15+/m1/s1. The minimum Gasteiger partial charge on any atom is -0.482 e. The molecule has 0 bridgehead atoms. The molecule has 122 valence electrons. The van der Waals surface area contributed by atoms with Crippen molar-refractivity contribution >= 4 is 23.2 Å². The average molecular weight is 359 g/mol. The molecule has 0 amide bonds. The largest absolute Gasteiger partial charge is 0.482 e. The number of halogens is 4. The molecule has 1 aromatic heterocycles. The lowest BCUT2D eigenvalue weighted by molar-refractivity contribution is 0.144. The summed E-state index contributed by atoms with van der Waals surface area (Å²) in [6.45, 7) is 1.57. The van der Waals surface area contributed by atoms with Gasteiger partial charge in [-0.1, -0.05) is 23.2 Å². The van der Waals surface area contributed by atoms with Crippen molar-refractivity contribution in [3.8, 4) is 5.75 Å². The number of hydrogen-bond donors (Lipinski definition) is 1. The Labute approximate surface area is 142 Å². The second kappa shape index (κ2) is 6.99. The van der Waals surface area contributed by atoms with Crippen molar-refractivity contribution < 1.29 is 13.5 Å². The Balaban J connectivity index is 1.96. The van der Waals surface area contributed by atoms with Crippen LogP contribution in [0.1, 0.15) is 18.1 Å². The molecule has 2 atom stereocenters. The second-order valence-corrected chi connectivity index (χ2v) is 6.24. The lowest BCUT2D eigenvalue weighted by Gasteiger charge is -2.25. The maximum Gasteiger partial charge on any atom is 0.157 e. The van der Waals surface area contributed by atoms with E-state index in [1.165, 1.54) is 6.07 Å². The number of hydrogen-bond acceptors (Lipinski definition) is 3. The van der Waals surface area contributed by atoms with E-state index >= 15 is 0 Å². The third-order valence-corrected chi connectivity index (χ3v) is 4.35. The molecule has 0 aliphatic carbocycles. The summed E-state index contributed by atoms with van der Waals surface area (Å²) in [5, 5.41) is 3.40. The van der Waals surface area contributed by atoms with Gasteiger partial charge in [0.15, 0.2) is 5.75 Å². The summed E-state index contributed by atoms with van der Waals surface area (Å²) in [5.74, 6) is -0.691. The zero-order valence-electron chi connectivity index (χ0n) is 12.0. The first-order chi connectivity index (χ1) is 11.0. The van der Waals surface area contributed by atoms with Gasteiger partial charge < -0.3 is 10.1 Å². The van der Waals surface area contributed by atoms with Crippen molar-refractivity contribution in [2.24, 2.45) is 5.92 Å². The van der Waals surface area contributed by atoms with Gasteiger partial charge in [-0.2, -0.15) is 0 Å². The molecule has 1 aromatic carbocycles. The summed E-state index contributed by atoms with van der Waals surface area (Å²) in [7, 11) is 0. The molecule has 7 heteroatoms. The number of nitrogens with one attached hydrogen (secondary N) is 1. The molecule has 3 nitrogen and oxygen atoms in total. The number of benzene rings is 1. The molecular formula is C16H14Cl2F2N2O. The molecule has 1 aliphatic rings. The molecule has 2 heterocycles. The zero-order chi connectivity index (χ0) is 16.4. The number of ether oxygens (including phenoxy) is 1. The van der Waals surface area contributed by atoms with Crippen LogP contribution >= 0.6 is 23.2 Å². The van der Waals surface area contributed by atoms with Crippen LogP contribution in [0.3, 0.4) is 0 Å². The minimum atomic E-state index is -0.543. The first kappa shape index (κ1) is 16.4. The van der Waals surface area contributed by atoms with Gasteiger partial charge in [0, 0.05) is 24.2 Å². The van der Waals surface area contributed by atoms with Crippen molar-refractivity contribution in [3.63, 3.8) is 0 Å². The predicted octanol–water partition coefficient (Wildman–Crippen LogP) is 4.40. The zero-order valence-corrected chi connectivity index (χ0v) is 13.5. The fraction of sp³-hybridized carbons (Fsp3) is 0.312. The van der Waals surface area contributed by atoms with E-state index in [1.54, 1.807) is 6.20 Å². The number of pyridine rings is 1. The molecular weight excluding hydrogens is 345 g/mol. The van der Waals surface area contributed by atoms with Gasteiger partial charge >= 0.3 is 0 Å². The SMILES string of the molecule is Fc1cncc([C@@H](Oc2c(Cl)cc(F)cc2Cl)[C@@H]2CCNC2)c1. The highest BCUT2D eigenvalue weighted by Gasteiger charge is 2.30. The van der Waals surface area contributed by atoms with E-state index in [1.807, 2.05) is 0 Å². The summed E-state index contributed by atoms with van der Waals surface area (Å²) in [6.07, 6.45) is 3.06. The van der Waals surface area contributed by atoms with E-state index < -0.39 is 17.7 Å². The van der Waals surface area contributed by atoms with Crippen LogP contribution in [0.2, 0.25) is 10.0 Å². The first-order valence-electron chi connectivity index (χ1n) is 7.17. The van der Waals surface area contributed by atoms with Crippen molar-refractivity contribution in [1.29, 1.82) is 0 Å². The Morgan fingerprint density at radius 3 is 2.48 bits per heavy atom. The monoisotopic (exact) mass is 358 g/mol. The Kier molecular flexibility index (Phi) is 4.99. The van der Waals surface area contributed by atoms with Crippen LogP contribution in [0, 0.1) is 17.6 Å². The van der Waals surface area contributed by atoms with Crippen LogP contribution in [0.5, 0.6) is 5.75 Å². The molecule has 0 spiro atoms.